The van der Waals surface area contributed by atoms with Crippen molar-refractivity contribution in [1.29, 1.82) is 0 Å². The van der Waals surface area contributed by atoms with E-state index in [1.807, 2.05) is 0 Å². The fraction of sp³-hybridized carbons (Fsp3) is 0.385. The van der Waals surface area contributed by atoms with Gasteiger partial charge < -0.3 is 14.6 Å². The zero-order valence-corrected chi connectivity index (χ0v) is 11.3. The van der Waals surface area contributed by atoms with Gasteiger partial charge in [-0.3, -0.25) is 4.79 Å². The van der Waals surface area contributed by atoms with Crippen molar-refractivity contribution in [2.45, 2.75) is 25.5 Å². The van der Waals surface area contributed by atoms with Gasteiger partial charge in [0.1, 0.15) is 11.5 Å². The lowest BCUT2D eigenvalue weighted by Crippen LogP contribution is -2.31. The van der Waals surface area contributed by atoms with E-state index in [4.69, 9.17) is 9.25 Å². The fourth-order valence-corrected chi connectivity index (χ4v) is 2.02. The van der Waals surface area contributed by atoms with Crippen molar-refractivity contribution in [3.63, 3.8) is 0 Å². The Morgan fingerprint density at radius 1 is 1.43 bits per heavy atom. The number of rotatable bonds is 6. The van der Waals surface area contributed by atoms with Gasteiger partial charge in [-0.15, -0.1) is 0 Å². The molecule has 0 aliphatic carbocycles. The SMILES string of the molecule is O=C(NCCCn1nccn1)C1=NOC(c2ccco2)C1. The first-order chi connectivity index (χ1) is 10.3. The van der Waals surface area contributed by atoms with Crippen LogP contribution in [-0.2, 0) is 16.2 Å². The lowest BCUT2D eigenvalue weighted by molar-refractivity contribution is -0.114. The number of nitrogens with one attached hydrogen (secondary N) is 1. The molecule has 1 aliphatic heterocycles. The number of aromatic nitrogens is 3. The minimum absolute atomic E-state index is 0.211. The van der Waals surface area contributed by atoms with Gasteiger partial charge in [0.25, 0.3) is 5.91 Å². The molecule has 0 fully saturated rings. The molecule has 8 nitrogen and oxygen atoms in total. The van der Waals surface area contributed by atoms with Crippen molar-refractivity contribution in [2.24, 2.45) is 5.16 Å². The van der Waals surface area contributed by atoms with Crippen LogP contribution in [0.15, 0.2) is 40.4 Å². The first-order valence-corrected chi connectivity index (χ1v) is 6.71. The van der Waals surface area contributed by atoms with E-state index in [1.165, 1.54) is 0 Å². The number of carbonyl (C=O) groups excluding carboxylic acids is 1. The minimum atomic E-state index is -0.311. The second-order valence-electron chi connectivity index (χ2n) is 4.59. The van der Waals surface area contributed by atoms with E-state index in [2.05, 4.69) is 20.7 Å². The van der Waals surface area contributed by atoms with Crippen LogP contribution in [0.1, 0.15) is 24.7 Å². The monoisotopic (exact) mass is 289 g/mol. The summed E-state index contributed by atoms with van der Waals surface area (Å²) in [5, 5.41) is 14.6. The molecule has 0 saturated carbocycles. The van der Waals surface area contributed by atoms with Gasteiger partial charge in [-0.1, -0.05) is 5.16 Å². The number of amides is 1. The van der Waals surface area contributed by atoms with E-state index in [1.54, 1.807) is 35.6 Å². The van der Waals surface area contributed by atoms with Crippen LogP contribution in [0.5, 0.6) is 0 Å². The highest BCUT2D eigenvalue weighted by atomic mass is 16.6. The van der Waals surface area contributed by atoms with Crippen molar-refractivity contribution < 1.29 is 14.0 Å². The van der Waals surface area contributed by atoms with Crippen molar-refractivity contribution >= 4 is 11.6 Å². The third kappa shape index (κ3) is 3.28. The zero-order chi connectivity index (χ0) is 14.5. The second-order valence-corrected chi connectivity index (χ2v) is 4.59. The molecular weight excluding hydrogens is 274 g/mol. The van der Waals surface area contributed by atoms with Crippen molar-refractivity contribution in [3.8, 4) is 0 Å². The molecule has 3 rings (SSSR count). The van der Waals surface area contributed by atoms with Crippen molar-refractivity contribution in [1.82, 2.24) is 20.3 Å². The Morgan fingerprint density at radius 3 is 3.05 bits per heavy atom. The molecular formula is C13H15N5O3. The highest BCUT2D eigenvalue weighted by Gasteiger charge is 2.28. The molecule has 0 radical (unpaired) electrons. The van der Waals surface area contributed by atoms with E-state index in [0.717, 1.165) is 6.42 Å². The molecule has 3 heterocycles. The van der Waals surface area contributed by atoms with Gasteiger partial charge in [0.15, 0.2) is 6.10 Å². The van der Waals surface area contributed by atoms with E-state index in [0.29, 0.717) is 31.0 Å². The molecule has 21 heavy (non-hydrogen) atoms. The summed E-state index contributed by atoms with van der Waals surface area (Å²) in [5.74, 6) is 0.462. The minimum Gasteiger partial charge on any atom is -0.465 e. The maximum absolute atomic E-state index is 11.9. The first-order valence-electron chi connectivity index (χ1n) is 6.71. The van der Waals surface area contributed by atoms with Crippen LogP contribution in [0.4, 0.5) is 0 Å². The molecule has 0 aromatic carbocycles. The third-order valence-corrected chi connectivity index (χ3v) is 3.08. The van der Waals surface area contributed by atoms with Gasteiger partial charge in [-0.2, -0.15) is 15.0 Å². The normalized spacial score (nSPS) is 17.3. The molecule has 1 atom stereocenters. The molecule has 110 valence electrons. The number of furan rings is 1. The van der Waals surface area contributed by atoms with Gasteiger partial charge in [-0.25, -0.2) is 0 Å². The second kappa shape index (κ2) is 6.21. The van der Waals surface area contributed by atoms with Crippen LogP contribution >= 0.6 is 0 Å². The van der Waals surface area contributed by atoms with Gasteiger partial charge in [0.05, 0.1) is 25.2 Å². The number of carbonyl (C=O) groups is 1. The van der Waals surface area contributed by atoms with Crippen LogP contribution in [0, 0.1) is 0 Å². The summed E-state index contributed by atoms with van der Waals surface area (Å²) in [4.78, 5) is 18.7. The van der Waals surface area contributed by atoms with Crippen LogP contribution in [0.25, 0.3) is 0 Å². The van der Waals surface area contributed by atoms with E-state index in [9.17, 15) is 4.79 Å². The van der Waals surface area contributed by atoms with E-state index < -0.39 is 0 Å². The highest BCUT2D eigenvalue weighted by Crippen LogP contribution is 2.27. The number of oxime groups is 1. The third-order valence-electron chi connectivity index (χ3n) is 3.08. The van der Waals surface area contributed by atoms with Crippen LogP contribution in [-0.4, -0.2) is 33.2 Å². The Kier molecular flexibility index (Phi) is 3.95. The van der Waals surface area contributed by atoms with Gasteiger partial charge in [-0.05, 0) is 18.6 Å². The lowest BCUT2D eigenvalue weighted by atomic mass is 10.1. The molecule has 1 N–H and O–H groups in total. The summed E-state index contributed by atoms with van der Waals surface area (Å²) in [7, 11) is 0. The Hall–Kier alpha value is -2.64. The summed E-state index contributed by atoms with van der Waals surface area (Å²) in [5.41, 5.74) is 0.383. The Labute approximate surface area is 120 Å². The largest absolute Gasteiger partial charge is 0.465 e. The molecule has 1 unspecified atom stereocenters. The first kappa shape index (κ1) is 13.3. The smallest absolute Gasteiger partial charge is 0.269 e. The van der Waals surface area contributed by atoms with Crippen LogP contribution < -0.4 is 5.32 Å². The van der Waals surface area contributed by atoms with Crippen molar-refractivity contribution in [2.75, 3.05) is 6.54 Å². The Balaban J connectivity index is 1.40. The fourth-order valence-electron chi connectivity index (χ4n) is 2.02. The molecule has 1 amide bonds. The summed E-state index contributed by atoms with van der Waals surface area (Å²) in [6.07, 6.45) is 5.67. The maximum Gasteiger partial charge on any atom is 0.269 e. The molecule has 8 heteroatoms. The van der Waals surface area contributed by atoms with E-state index >= 15 is 0 Å². The van der Waals surface area contributed by atoms with E-state index in [-0.39, 0.29) is 12.0 Å². The van der Waals surface area contributed by atoms with Gasteiger partial charge in [0.2, 0.25) is 0 Å². The standard InChI is InChI=1S/C13H15N5O3/c19-13(14-4-2-7-18-15-5-6-16-18)10-9-12(21-17-10)11-3-1-8-20-11/h1,3,5-6,8,12H,2,4,7,9H2,(H,14,19). The average molecular weight is 289 g/mol. The quantitative estimate of drug-likeness (QED) is 0.797. The molecule has 2 aromatic rings. The molecule has 1 aliphatic rings. The molecule has 0 spiro atoms. The maximum atomic E-state index is 11.9. The Morgan fingerprint density at radius 2 is 2.29 bits per heavy atom. The average Bonchev–Trinajstić information content (AvgIpc) is 3.25. The number of hydrogen-bond acceptors (Lipinski definition) is 6. The number of hydrogen-bond donors (Lipinski definition) is 1. The summed E-state index contributed by atoms with van der Waals surface area (Å²) < 4.78 is 5.24. The number of aryl methyl sites for hydroxylation is 1. The molecule has 0 bridgehead atoms. The topological polar surface area (TPSA) is 94.5 Å². The van der Waals surface area contributed by atoms with Crippen LogP contribution in [0.3, 0.4) is 0 Å². The van der Waals surface area contributed by atoms with Crippen molar-refractivity contribution in [3.05, 3.63) is 36.5 Å². The highest BCUT2D eigenvalue weighted by molar-refractivity contribution is 6.39. The van der Waals surface area contributed by atoms with Gasteiger partial charge >= 0.3 is 0 Å². The number of nitrogens with zero attached hydrogens (tertiary/aromatic N) is 4. The molecule has 0 saturated heterocycles. The lowest BCUT2D eigenvalue weighted by Gasteiger charge is -2.04. The summed E-state index contributed by atoms with van der Waals surface area (Å²) in [6, 6.07) is 3.58. The Bertz CT molecular complexity index is 606. The van der Waals surface area contributed by atoms with Gasteiger partial charge in [0, 0.05) is 13.0 Å². The summed E-state index contributed by atoms with van der Waals surface area (Å²) >= 11 is 0. The summed E-state index contributed by atoms with van der Waals surface area (Å²) in [6.45, 7) is 1.19. The predicted octanol–water partition coefficient (Wildman–Crippen LogP) is 0.895. The predicted molar refractivity (Wildman–Crippen MR) is 72.2 cm³/mol. The zero-order valence-electron chi connectivity index (χ0n) is 11.3. The van der Waals surface area contributed by atoms with Crippen LogP contribution in [0.2, 0.25) is 0 Å². The molecule has 2 aromatic heterocycles.